The second kappa shape index (κ2) is 7.23. The zero-order chi connectivity index (χ0) is 21.7. The first-order valence-electron chi connectivity index (χ1n) is 9.90. The Balaban J connectivity index is 2.00. The smallest absolute Gasteiger partial charge is 0.318 e. The number of rotatable bonds is 6. The van der Waals surface area contributed by atoms with E-state index in [1.807, 2.05) is 18.9 Å². The number of benzene rings is 1. The average molecular weight is 414 g/mol. The summed E-state index contributed by atoms with van der Waals surface area (Å²) in [6.45, 7) is 2.85. The zero-order valence-electron chi connectivity index (χ0n) is 17.1. The van der Waals surface area contributed by atoms with Crippen LogP contribution in [0.2, 0.25) is 0 Å². The van der Waals surface area contributed by atoms with Gasteiger partial charge in [0.05, 0.1) is 31.2 Å². The first-order chi connectivity index (χ1) is 14.3. The SMILES string of the molecule is CCN(C)C[C@H]1[C@@H](O)[C@@]2(O)c3c(OC)cncc3O[C@@H]2C1(C(=O)O)c1ccccc1. The van der Waals surface area contributed by atoms with Crippen molar-refractivity contribution in [2.45, 2.75) is 30.1 Å². The molecule has 1 aliphatic heterocycles. The molecule has 0 radical (unpaired) electrons. The van der Waals surface area contributed by atoms with E-state index in [1.165, 1.54) is 19.5 Å². The monoisotopic (exact) mass is 414 g/mol. The molecule has 1 fully saturated rings. The number of carbonyl (C=O) groups is 1. The summed E-state index contributed by atoms with van der Waals surface area (Å²) in [5.74, 6) is -1.55. The van der Waals surface area contributed by atoms with Crippen molar-refractivity contribution in [1.82, 2.24) is 9.88 Å². The molecule has 1 saturated carbocycles. The fourth-order valence-electron chi connectivity index (χ4n) is 5.09. The van der Waals surface area contributed by atoms with Crippen LogP contribution < -0.4 is 9.47 Å². The molecule has 0 spiro atoms. The Morgan fingerprint density at radius 2 is 2.00 bits per heavy atom. The Morgan fingerprint density at radius 1 is 1.30 bits per heavy atom. The molecule has 0 amide bonds. The number of carboxylic acids is 1. The van der Waals surface area contributed by atoms with Gasteiger partial charge in [0.15, 0.2) is 11.7 Å². The van der Waals surface area contributed by atoms with Crippen molar-refractivity contribution in [3.05, 3.63) is 53.9 Å². The van der Waals surface area contributed by atoms with Crippen molar-refractivity contribution >= 4 is 5.97 Å². The molecular formula is C22H26N2O6. The predicted molar refractivity (Wildman–Crippen MR) is 108 cm³/mol. The zero-order valence-corrected chi connectivity index (χ0v) is 17.1. The second-order valence-corrected chi connectivity index (χ2v) is 7.98. The van der Waals surface area contributed by atoms with Gasteiger partial charge in [0, 0.05) is 12.5 Å². The number of ether oxygens (including phenoxy) is 2. The number of pyridine rings is 1. The van der Waals surface area contributed by atoms with E-state index in [2.05, 4.69) is 4.98 Å². The number of aliphatic hydroxyl groups excluding tert-OH is 1. The maximum absolute atomic E-state index is 13.0. The molecule has 160 valence electrons. The van der Waals surface area contributed by atoms with Crippen LogP contribution in [0.25, 0.3) is 0 Å². The molecular weight excluding hydrogens is 388 g/mol. The van der Waals surface area contributed by atoms with Crippen LogP contribution in [0.1, 0.15) is 18.1 Å². The lowest BCUT2D eigenvalue weighted by Crippen LogP contribution is -2.54. The summed E-state index contributed by atoms with van der Waals surface area (Å²) in [5.41, 5.74) is -2.97. The van der Waals surface area contributed by atoms with E-state index < -0.39 is 35.1 Å². The molecule has 1 unspecified atom stereocenters. The molecule has 1 aromatic heterocycles. The summed E-state index contributed by atoms with van der Waals surface area (Å²) < 4.78 is 11.5. The van der Waals surface area contributed by atoms with Gasteiger partial charge in [-0.05, 0) is 19.2 Å². The van der Waals surface area contributed by atoms with Crippen LogP contribution in [-0.4, -0.2) is 70.6 Å². The summed E-state index contributed by atoms with van der Waals surface area (Å²) in [6.07, 6.45) is 0.158. The minimum atomic E-state index is -1.98. The van der Waals surface area contributed by atoms with Gasteiger partial charge in [0.1, 0.15) is 16.9 Å². The van der Waals surface area contributed by atoms with E-state index in [0.717, 1.165) is 0 Å². The number of aromatic nitrogens is 1. The number of aliphatic carboxylic acids is 1. The largest absolute Gasteiger partial charge is 0.495 e. The summed E-state index contributed by atoms with van der Waals surface area (Å²) in [4.78, 5) is 19.0. The minimum Gasteiger partial charge on any atom is -0.495 e. The predicted octanol–water partition coefficient (Wildman–Crippen LogP) is 1.00. The third-order valence-corrected chi connectivity index (χ3v) is 6.63. The number of fused-ring (bicyclic) bond motifs is 3. The second-order valence-electron chi connectivity index (χ2n) is 7.98. The molecule has 0 saturated heterocycles. The number of nitrogens with zero attached hydrogens (tertiary/aromatic N) is 2. The third kappa shape index (κ3) is 2.50. The Hall–Kier alpha value is -2.68. The fourth-order valence-corrected chi connectivity index (χ4v) is 5.09. The highest BCUT2D eigenvalue weighted by Crippen LogP contribution is 2.62. The number of carboxylic acid groups (broad SMARTS) is 1. The molecule has 1 aromatic carbocycles. The van der Waals surface area contributed by atoms with Crippen LogP contribution >= 0.6 is 0 Å². The lowest BCUT2D eigenvalue weighted by atomic mass is 9.69. The third-order valence-electron chi connectivity index (χ3n) is 6.63. The molecule has 4 rings (SSSR count). The number of methoxy groups -OCH3 is 1. The molecule has 0 bridgehead atoms. The van der Waals surface area contributed by atoms with Crippen LogP contribution in [0.5, 0.6) is 11.5 Å². The van der Waals surface area contributed by atoms with Gasteiger partial charge < -0.3 is 29.7 Å². The van der Waals surface area contributed by atoms with Gasteiger partial charge >= 0.3 is 5.97 Å². The number of hydrogen-bond acceptors (Lipinski definition) is 7. The van der Waals surface area contributed by atoms with Crippen LogP contribution in [-0.2, 0) is 15.8 Å². The van der Waals surface area contributed by atoms with Crippen molar-refractivity contribution in [2.75, 3.05) is 27.2 Å². The Kier molecular flexibility index (Phi) is 4.96. The highest BCUT2D eigenvalue weighted by molar-refractivity contribution is 5.85. The van der Waals surface area contributed by atoms with Gasteiger partial charge in [-0.1, -0.05) is 37.3 Å². The summed E-state index contributed by atoms with van der Waals surface area (Å²) in [5, 5.41) is 34.0. The van der Waals surface area contributed by atoms with Crippen LogP contribution in [0, 0.1) is 5.92 Å². The minimum absolute atomic E-state index is 0.213. The highest BCUT2D eigenvalue weighted by Gasteiger charge is 2.76. The molecule has 1 aliphatic carbocycles. The van der Waals surface area contributed by atoms with Crippen molar-refractivity contribution in [3.63, 3.8) is 0 Å². The normalized spacial score (nSPS) is 31.9. The Morgan fingerprint density at radius 3 is 2.60 bits per heavy atom. The van der Waals surface area contributed by atoms with E-state index in [0.29, 0.717) is 12.1 Å². The van der Waals surface area contributed by atoms with Crippen LogP contribution in [0.4, 0.5) is 0 Å². The van der Waals surface area contributed by atoms with Gasteiger partial charge in [-0.2, -0.15) is 0 Å². The maximum atomic E-state index is 13.0. The molecule has 8 heteroatoms. The Labute approximate surface area is 174 Å². The van der Waals surface area contributed by atoms with E-state index in [9.17, 15) is 20.1 Å². The molecule has 5 atom stereocenters. The molecule has 8 nitrogen and oxygen atoms in total. The lowest BCUT2D eigenvalue weighted by Gasteiger charge is -2.37. The standard InChI is InChI=1S/C22H26N2O6/c1-4-24(2)12-14-18(25)22(28)17-15(29-3)10-23-11-16(17)30-19(22)21(14,20(26)27)13-8-6-5-7-9-13/h5-11,14,18-19,25,28H,4,12H2,1-3H3,(H,26,27)/t14-,18+,19+,21?,22-/m0/s1. The van der Waals surface area contributed by atoms with Gasteiger partial charge in [0.25, 0.3) is 0 Å². The van der Waals surface area contributed by atoms with Gasteiger partial charge in [0.2, 0.25) is 0 Å². The van der Waals surface area contributed by atoms with Gasteiger partial charge in [-0.25, -0.2) is 0 Å². The van der Waals surface area contributed by atoms with Gasteiger partial charge in [-0.3, -0.25) is 9.78 Å². The van der Waals surface area contributed by atoms with Crippen molar-refractivity contribution < 1.29 is 29.6 Å². The van der Waals surface area contributed by atoms with Crippen LogP contribution in [0.3, 0.4) is 0 Å². The summed E-state index contributed by atoms with van der Waals surface area (Å²) >= 11 is 0. The van der Waals surface area contributed by atoms with Crippen molar-refractivity contribution in [3.8, 4) is 11.5 Å². The van der Waals surface area contributed by atoms with E-state index in [-0.39, 0.29) is 23.6 Å². The molecule has 2 heterocycles. The molecule has 2 aromatic rings. The van der Waals surface area contributed by atoms with Crippen molar-refractivity contribution in [2.24, 2.45) is 5.92 Å². The van der Waals surface area contributed by atoms with Gasteiger partial charge in [-0.15, -0.1) is 0 Å². The molecule has 2 aliphatic rings. The Bertz CT molecular complexity index is 954. The fraction of sp³-hybridized carbons (Fsp3) is 0.455. The number of aliphatic hydroxyl groups is 2. The maximum Gasteiger partial charge on any atom is 0.318 e. The quantitative estimate of drug-likeness (QED) is 0.642. The summed E-state index contributed by atoms with van der Waals surface area (Å²) in [7, 11) is 3.28. The van der Waals surface area contributed by atoms with E-state index in [4.69, 9.17) is 9.47 Å². The van der Waals surface area contributed by atoms with Crippen molar-refractivity contribution in [1.29, 1.82) is 0 Å². The highest BCUT2D eigenvalue weighted by atomic mass is 16.5. The number of hydrogen-bond donors (Lipinski definition) is 3. The molecule has 3 N–H and O–H groups in total. The van der Waals surface area contributed by atoms with Crippen LogP contribution in [0.15, 0.2) is 42.7 Å². The van der Waals surface area contributed by atoms with E-state index >= 15 is 0 Å². The molecule has 30 heavy (non-hydrogen) atoms. The van der Waals surface area contributed by atoms with E-state index in [1.54, 1.807) is 30.3 Å². The first-order valence-corrected chi connectivity index (χ1v) is 9.90. The average Bonchev–Trinajstić information content (AvgIpc) is 3.15. The first kappa shape index (κ1) is 20.6. The topological polar surface area (TPSA) is 112 Å². The lowest BCUT2D eigenvalue weighted by molar-refractivity contribution is -0.152. The summed E-state index contributed by atoms with van der Waals surface area (Å²) in [6, 6.07) is 8.69.